The Kier molecular flexibility index (Phi) is 1.14. The van der Waals surface area contributed by atoms with Gasteiger partial charge in [-0.05, 0) is 6.92 Å². The minimum atomic E-state index is 0.315. The van der Waals surface area contributed by atoms with E-state index < -0.39 is 0 Å². The molecule has 0 aliphatic rings. The van der Waals surface area contributed by atoms with Crippen molar-refractivity contribution in [1.82, 2.24) is 4.68 Å². The molecule has 1 rings (SSSR count). The molecule has 1 aromatic rings. The highest BCUT2D eigenvalue weighted by Crippen LogP contribution is 2.25. The molecule has 56 valence electrons. The monoisotopic (exact) mass is 141 g/mol. The van der Waals surface area contributed by atoms with Crippen molar-refractivity contribution in [3.8, 4) is 0 Å². The summed E-state index contributed by atoms with van der Waals surface area (Å²) in [5.74, 6) is 6.12. The summed E-state index contributed by atoms with van der Waals surface area (Å²) < 4.78 is 1.17. The van der Waals surface area contributed by atoms with Gasteiger partial charge in [-0.25, -0.2) is 4.68 Å². The van der Waals surface area contributed by atoms with Gasteiger partial charge in [0.1, 0.15) is 11.6 Å². The van der Waals surface area contributed by atoms with E-state index in [0.717, 1.165) is 5.56 Å². The largest absolute Gasteiger partial charge is 0.395 e. The second kappa shape index (κ2) is 1.73. The smallest absolute Gasteiger partial charge is 0.148 e. The Morgan fingerprint density at radius 2 is 1.60 bits per heavy atom. The zero-order valence-electron chi connectivity index (χ0n) is 5.76. The van der Waals surface area contributed by atoms with Crippen molar-refractivity contribution < 1.29 is 0 Å². The summed E-state index contributed by atoms with van der Waals surface area (Å²) >= 11 is 0. The third-order valence-corrected chi connectivity index (χ3v) is 1.58. The first-order valence-electron chi connectivity index (χ1n) is 2.82. The van der Waals surface area contributed by atoms with Crippen LogP contribution in [0.5, 0.6) is 0 Å². The minimum Gasteiger partial charge on any atom is -0.395 e. The Bertz CT molecular complexity index is 181. The first-order valence-corrected chi connectivity index (χ1v) is 2.82. The zero-order chi connectivity index (χ0) is 7.89. The van der Waals surface area contributed by atoms with E-state index in [9.17, 15) is 0 Å². The first-order chi connectivity index (χ1) is 4.55. The lowest BCUT2D eigenvalue weighted by molar-refractivity contribution is 1.04. The van der Waals surface area contributed by atoms with Crippen LogP contribution in [0.15, 0.2) is 0 Å². The molecule has 0 saturated carbocycles. The van der Waals surface area contributed by atoms with Gasteiger partial charge in [0.25, 0.3) is 0 Å². The van der Waals surface area contributed by atoms with E-state index in [2.05, 4.69) is 0 Å². The standard InChI is InChI=1S/C5H11N5/c1-2-3(6)5(8)10(9)4(2)7/h6-9H2,1H3. The molecule has 0 bridgehead atoms. The van der Waals surface area contributed by atoms with Crippen molar-refractivity contribution in [1.29, 1.82) is 0 Å². The topological polar surface area (TPSA) is 109 Å². The highest BCUT2D eigenvalue weighted by molar-refractivity contribution is 5.73. The summed E-state index contributed by atoms with van der Waals surface area (Å²) in [4.78, 5) is 0. The fourth-order valence-corrected chi connectivity index (χ4v) is 0.770. The van der Waals surface area contributed by atoms with Gasteiger partial charge in [0.2, 0.25) is 0 Å². The molecule has 1 heterocycles. The van der Waals surface area contributed by atoms with E-state index in [4.69, 9.17) is 23.0 Å². The molecule has 0 amide bonds. The van der Waals surface area contributed by atoms with E-state index in [1.54, 1.807) is 6.92 Å². The average Bonchev–Trinajstić information content (AvgIpc) is 2.07. The van der Waals surface area contributed by atoms with Crippen LogP contribution in [-0.4, -0.2) is 4.68 Å². The van der Waals surface area contributed by atoms with Crippen molar-refractivity contribution in [3.05, 3.63) is 5.56 Å². The van der Waals surface area contributed by atoms with Gasteiger partial charge in [-0.2, -0.15) is 0 Å². The molecule has 0 atom stereocenters. The highest BCUT2D eigenvalue weighted by atomic mass is 15.3. The van der Waals surface area contributed by atoms with Crippen LogP contribution in [0.4, 0.5) is 17.3 Å². The number of nitrogens with two attached hydrogens (primary N) is 4. The first kappa shape index (κ1) is 6.60. The van der Waals surface area contributed by atoms with Crippen LogP contribution in [0.2, 0.25) is 0 Å². The van der Waals surface area contributed by atoms with Crippen LogP contribution >= 0.6 is 0 Å². The molecule has 0 unspecified atom stereocenters. The lowest BCUT2D eigenvalue weighted by atomic mass is 10.3. The number of hydrogen-bond donors (Lipinski definition) is 4. The molecule has 0 fully saturated rings. The van der Waals surface area contributed by atoms with Crippen molar-refractivity contribution in [3.63, 3.8) is 0 Å². The van der Waals surface area contributed by atoms with Gasteiger partial charge >= 0.3 is 0 Å². The van der Waals surface area contributed by atoms with Gasteiger partial charge in [-0.3, -0.25) is 0 Å². The Labute approximate surface area is 58.5 Å². The predicted molar refractivity (Wildman–Crippen MR) is 42.6 cm³/mol. The van der Waals surface area contributed by atoms with Crippen molar-refractivity contribution in [2.45, 2.75) is 6.92 Å². The molecule has 0 aliphatic carbocycles. The summed E-state index contributed by atoms with van der Waals surface area (Å²) in [6, 6.07) is 0. The van der Waals surface area contributed by atoms with Crippen LogP contribution in [0.1, 0.15) is 5.56 Å². The molecule has 10 heavy (non-hydrogen) atoms. The normalized spacial score (nSPS) is 10.1. The molecule has 0 saturated heterocycles. The predicted octanol–water partition coefficient (Wildman–Crippen LogP) is -0.743. The van der Waals surface area contributed by atoms with Gasteiger partial charge in [0, 0.05) is 5.56 Å². The lowest BCUT2D eigenvalue weighted by Gasteiger charge is -1.97. The van der Waals surface area contributed by atoms with Crippen LogP contribution < -0.4 is 23.0 Å². The van der Waals surface area contributed by atoms with Crippen molar-refractivity contribution >= 4 is 17.3 Å². The highest BCUT2D eigenvalue weighted by Gasteiger charge is 2.09. The van der Waals surface area contributed by atoms with Crippen molar-refractivity contribution in [2.75, 3.05) is 23.0 Å². The maximum absolute atomic E-state index is 5.50. The Balaban J connectivity index is 3.44. The molecule has 0 spiro atoms. The second-order valence-electron chi connectivity index (χ2n) is 2.18. The minimum absolute atomic E-state index is 0.315. The molecule has 0 radical (unpaired) electrons. The number of anilines is 3. The van der Waals surface area contributed by atoms with Gasteiger partial charge in [-0.1, -0.05) is 0 Å². The van der Waals surface area contributed by atoms with E-state index >= 15 is 0 Å². The maximum atomic E-state index is 5.50. The van der Waals surface area contributed by atoms with Gasteiger partial charge in [0.05, 0.1) is 5.69 Å². The number of hydrogen-bond acceptors (Lipinski definition) is 4. The molecule has 8 N–H and O–H groups in total. The summed E-state index contributed by atoms with van der Waals surface area (Å²) in [5.41, 5.74) is 17.6. The fraction of sp³-hybridized carbons (Fsp3) is 0.200. The van der Waals surface area contributed by atoms with Gasteiger partial charge < -0.3 is 23.0 Å². The van der Waals surface area contributed by atoms with Gasteiger partial charge in [0.15, 0.2) is 0 Å². The Morgan fingerprint density at radius 1 is 1.10 bits per heavy atom. The van der Waals surface area contributed by atoms with E-state index in [1.165, 1.54) is 4.68 Å². The third kappa shape index (κ3) is 0.570. The van der Waals surface area contributed by atoms with Gasteiger partial charge in [-0.15, -0.1) is 0 Å². The molecular weight excluding hydrogens is 130 g/mol. The summed E-state index contributed by atoms with van der Waals surface area (Å²) in [5, 5.41) is 0. The van der Waals surface area contributed by atoms with E-state index in [0.29, 0.717) is 17.3 Å². The zero-order valence-corrected chi connectivity index (χ0v) is 5.76. The van der Waals surface area contributed by atoms with Crippen LogP contribution in [0.25, 0.3) is 0 Å². The average molecular weight is 141 g/mol. The molecular formula is C5H11N5. The number of aromatic nitrogens is 1. The number of nitrogens with zero attached hydrogens (tertiary/aromatic N) is 1. The van der Waals surface area contributed by atoms with Crippen LogP contribution in [0, 0.1) is 6.92 Å². The van der Waals surface area contributed by atoms with Crippen molar-refractivity contribution in [2.24, 2.45) is 0 Å². The Morgan fingerprint density at radius 3 is 1.70 bits per heavy atom. The maximum Gasteiger partial charge on any atom is 0.148 e. The molecule has 5 heteroatoms. The SMILES string of the molecule is Cc1c(N)c(N)n(N)c1N. The third-order valence-electron chi connectivity index (χ3n) is 1.58. The second-order valence-corrected chi connectivity index (χ2v) is 2.18. The van der Waals surface area contributed by atoms with Crippen LogP contribution in [0.3, 0.4) is 0 Å². The van der Waals surface area contributed by atoms with E-state index in [-0.39, 0.29) is 0 Å². The lowest BCUT2D eigenvalue weighted by Crippen LogP contribution is -2.14. The fourth-order valence-electron chi connectivity index (χ4n) is 0.770. The molecule has 0 aliphatic heterocycles. The number of rotatable bonds is 0. The molecule has 0 aromatic carbocycles. The Hall–Kier alpha value is -1.52. The quantitative estimate of drug-likeness (QED) is 0.356. The summed E-state index contributed by atoms with van der Waals surface area (Å²) in [6.45, 7) is 1.77. The molecule has 5 nitrogen and oxygen atoms in total. The van der Waals surface area contributed by atoms with E-state index in [1.807, 2.05) is 0 Å². The molecule has 1 aromatic heterocycles. The number of nitrogen functional groups attached to an aromatic ring is 4. The van der Waals surface area contributed by atoms with Crippen LogP contribution in [-0.2, 0) is 0 Å². The summed E-state index contributed by atoms with van der Waals surface area (Å²) in [7, 11) is 0. The summed E-state index contributed by atoms with van der Waals surface area (Å²) in [6.07, 6.45) is 0.